The Morgan fingerprint density at radius 2 is 2.36 bits per heavy atom. The van der Waals surface area contributed by atoms with Gasteiger partial charge in [0, 0.05) is 37.0 Å². The van der Waals surface area contributed by atoms with Gasteiger partial charge in [-0.15, -0.1) is 11.3 Å². The maximum atomic E-state index is 12.0. The second-order valence-corrected chi connectivity index (χ2v) is 7.66. The molecule has 2 unspecified atom stereocenters. The van der Waals surface area contributed by atoms with Crippen LogP contribution in [-0.4, -0.2) is 43.0 Å². The molecule has 22 heavy (non-hydrogen) atoms. The quantitative estimate of drug-likeness (QED) is 0.844. The molecule has 0 radical (unpaired) electrons. The summed E-state index contributed by atoms with van der Waals surface area (Å²) >= 11 is 1.84. The minimum atomic E-state index is 0.217. The first-order valence-corrected chi connectivity index (χ1v) is 9.42. The van der Waals surface area contributed by atoms with E-state index >= 15 is 0 Å². The van der Waals surface area contributed by atoms with Gasteiger partial charge < -0.3 is 10.6 Å². The zero-order valence-corrected chi connectivity index (χ0v) is 14.0. The summed E-state index contributed by atoms with van der Waals surface area (Å²) in [6, 6.07) is 4.74. The number of amides is 1. The van der Waals surface area contributed by atoms with Gasteiger partial charge in [-0.1, -0.05) is 6.07 Å². The smallest absolute Gasteiger partial charge is 0.221 e. The molecular weight excluding hydrogens is 294 g/mol. The lowest BCUT2D eigenvalue weighted by Gasteiger charge is -2.32. The van der Waals surface area contributed by atoms with Gasteiger partial charge in [0.2, 0.25) is 5.91 Å². The molecule has 4 nitrogen and oxygen atoms in total. The van der Waals surface area contributed by atoms with E-state index in [0.717, 1.165) is 32.6 Å². The zero-order chi connectivity index (χ0) is 15.2. The van der Waals surface area contributed by atoms with Crippen LogP contribution in [0.1, 0.15) is 37.0 Å². The van der Waals surface area contributed by atoms with Crippen LogP contribution in [0.3, 0.4) is 0 Å². The summed E-state index contributed by atoms with van der Waals surface area (Å²) in [5.74, 6) is 0.823. The lowest BCUT2D eigenvalue weighted by Crippen LogP contribution is -2.41. The zero-order valence-electron chi connectivity index (χ0n) is 13.2. The van der Waals surface area contributed by atoms with Crippen molar-refractivity contribution in [2.75, 3.05) is 26.2 Å². The molecule has 1 aromatic rings. The highest BCUT2D eigenvalue weighted by atomic mass is 32.1. The van der Waals surface area contributed by atoms with Crippen molar-refractivity contribution in [2.24, 2.45) is 5.92 Å². The molecule has 1 amide bonds. The maximum absolute atomic E-state index is 12.0. The molecule has 2 atom stereocenters. The van der Waals surface area contributed by atoms with E-state index < -0.39 is 0 Å². The maximum Gasteiger partial charge on any atom is 0.221 e. The Morgan fingerprint density at radius 1 is 1.41 bits per heavy atom. The van der Waals surface area contributed by atoms with E-state index in [4.69, 9.17) is 0 Å². The van der Waals surface area contributed by atoms with Gasteiger partial charge in [-0.25, -0.2) is 0 Å². The second-order valence-electron chi connectivity index (χ2n) is 6.62. The summed E-state index contributed by atoms with van der Waals surface area (Å²) in [4.78, 5) is 16.0. The molecular formula is C17H27N3OS. The largest absolute Gasteiger partial charge is 0.356 e. The average Bonchev–Trinajstić information content (AvgIpc) is 3.19. The molecule has 0 saturated carbocycles. The van der Waals surface area contributed by atoms with E-state index in [1.807, 2.05) is 11.3 Å². The number of nitrogens with zero attached hydrogens (tertiary/aromatic N) is 1. The fourth-order valence-electron chi connectivity index (χ4n) is 3.57. The normalized spacial score (nSPS) is 26.2. The molecule has 5 heteroatoms. The molecule has 122 valence electrons. The lowest BCUT2D eigenvalue weighted by molar-refractivity contribution is -0.121. The van der Waals surface area contributed by atoms with Gasteiger partial charge >= 0.3 is 0 Å². The van der Waals surface area contributed by atoms with Crippen molar-refractivity contribution >= 4 is 17.2 Å². The van der Waals surface area contributed by atoms with E-state index in [9.17, 15) is 4.79 Å². The third kappa shape index (κ3) is 4.80. The number of carbonyl (C=O) groups is 1. The molecule has 0 bridgehead atoms. The van der Waals surface area contributed by atoms with E-state index in [1.54, 1.807) is 0 Å². The van der Waals surface area contributed by atoms with Crippen molar-refractivity contribution in [2.45, 2.75) is 44.7 Å². The Hall–Kier alpha value is -0.910. The third-order valence-electron chi connectivity index (χ3n) is 4.74. The van der Waals surface area contributed by atoms with E-state index in [-0.39, 0.29) is 5.91 Å². The fourth-order valence-corrected chi connectivity index (χ4v) is 4.32. The second kappa shape index (κ2) is 8.09. The van der Waals surface area contributed by atoms with Crippen molar-refractivity contribution in [3.05, 3.63) is 22.4 Å². The van der Waals surface area contributed by atoms with Crippen LogP contribution in [0.25, 0.3) is 0 Å². The van der Waals surface area contributed by atoms with Crippen molar-refractivity contribution in [1.82, 2.24) is 15.5 Å². The fraction of sp³-hybridized carbons (Fsp3) is 0.706. The van der Waals surface area contributed by atoms with Crippen LogP contribution in [0.4, 0.5) is 0 Å². The number of piperidine rings is 1. The minimum Gasteiger partial charge on any atom is -0.356 e. The summed E-state index contributed by atoms with van der Waals surface area (Å²) < 4.78 is 0. The Morgan fingerprint density at radius 3 is 3.14 bits per heavy atom. The van der Waals surface area contributed by atoms with E-state index in [0.29, 0.717) is 18.4 Å². The van der Waals surface area contributed by atoms with Crippen LogP contribution in [0.15, 0.2) is 17.5 Å². The van der Waals surface area contributed by atoms with Crippen LogP contribution in [0, 0.1) is 5.92 Å². The Kier molecular flexibility index (Phi) is 5.87. The first kappa shape index (κ1) is 16.0. The highest BCUT2D eigenvalue weighted by Gasteiger charge is 2.22. The van der Waals surface area contributed by atoms with Crippen LogP contribution in [-0.2, 0) is 11.3 Å². The van der Waals surface area contributed by atoms with E-state index in [2.05, 4.69) is 33.0 Å². The lowest BCUT2D eigenvalue weighted by atomic mass is 9.98. The van der Waals surface area contributed by atoms with Gasteiger partial charge in [0.25, 0.3) is 0 Å². The number of thiophene rings is 1. The SMILES string of the molecule is O=C(CC1CCCN1)NCC1CCCN(Cc2cccs2)C1. The summed E-state index contributed by atoms with van der Waals surface area (Å²) in [5, 5.41) is 8.69. The minimum absolute atomic E-state index is 0.217. The molecule has 0 aliphatic carbocycles. The topological polar surface area (TPSA) is 44.4 Å². The molecule has 2 fully saturated rings. The predicted molar refractivity (Wildman–Crippen MR) is 91.0 cm³/mol. The molecule has 3 rings (SSSR count). The summed E-state index contributed by atoms with van der Waals surface area (Å²) in [6.45, 7) is 5.27. The number of hydrogen-bond donors (Lipinski definition) is 2. The van der Waals surface area contributed by atoms with Gasteiger partial charge in [-0.2, -0.15) is 0 Å². The number of hydrogen-bond acceptors (Lipinski definition) is 4. The average molecular weight is 321 g/mol. The molecule has 1 aromatic heterocycles. The number of carbonyl (C=O) groups excluding carboxylic acids is 1. The summed E-state index contributed by atoms with van der Waals surface area (Å²) in [5.41, 5.74) is 0. The van der Waals surface area contributed by atoms with E-state index in [1.165, 1.54) is 30.7 Å². The van der Waals surface area contributed by atoms with Crippen LogP contribution in [0.2, 0.25) is 0 Å². The van der Waals surface area contributed by atoms with Gasteiger partial charge in [-0.3, -0.25) is 9.69 Å². The standard InChI is InChI=1S/C17H27N3OS/c21-17(10-15-5-1-7-18-15)19-11-14-4-2-8-20(12-14)13-16-6-3-9-22-16/h3,6,9,14-15,18H,1-2,4-5,7-8,10-13H2,(H,19,21). The molecule has 0 aromatic carbocycles. The Bertz CT molecular complexity index is 456. The summed E-state index contributed by atoms with van der Waals surface area (Å²) in [7, 11) is 0. The van der Waals surface area contributed by atoms with Crippen LogP contribution in [0.5, 0.6) is 0 Å². The Balaban J connectivity index is 1.37. The molecule has 2 saturated heterocycles. The van der Waals surface area contributed by atoms with Gasteiger partial charge in [0.15, 0.2) is 0 Å². The molecule has 0 spiro atoms. The van der Waals surface area contributed by atoms with Crippen molar-refractivity contribution in [1.29, 1.82) is 0 Å². The monoisotopic (exact) mass is 321 g/mol. The number of rotatable bonds is 6. The molecule has 2 aliphatic heterocycles. The van der Waals surface area contributed by atoms with Gasteiger partial charge in [0.1, 0.15) is 0 Å². The highest BCUT2D eigenvalue weighted by Crippen LogP contribution is 2.20. The van der Waals surface area contributed by atoms with Crippen molar-refractivity contribution in [3.63, 3.8) is 0 Å². The van der Waals surface area contributed by atoms with Crippen LogP contribution >= 0.6 is 11.3 Å². The molecule has 2 aliphatic rings. The predicted octanol–water partition coefficient (Wildman–Crippen LogP) is 2.22. The number of nitrogens with one attached hydrogen (secondary N) is 2. The third-order valence-corrected chi connectivity index (χ3v) is 5.61. The van der Waals surface area contributed by atoms with Crippen molar-refractivity contribution in [3.8, 4) is 0 Å². The highest BCUT2D eigenvalue weighted by molar-refractivity contribution is 7.09. The van der Waals surface area contributed by atoms with Crippen molar-refractivity contribution < 1.29 is 4.79 Å². The van der Waals surface area contributed by atoms with Crippen LogP contribution < -0.4 is 10.6 Å². The van der Waals surface area contributed by atoms with Gasteiger partial charge in [0.05, 0.1) is 0 Å². The number of likely N-dealkylation sites (tertiary alicyclic amines) is 1. The summed E-state index contributed by atoms with van der Waals surface area (Å²) in [6.07, 6.45) is 5.48. The molecule has 2 N–H and O–H groups in total. The molecule has 3 heterocycles. The Labute approximate surface area is 137 Å². The van der Waals surface area contributed by atoms with Gasteiger partial charge in [-0.05, 0) is 56.1 Å². The first-order chi connectivity index (χ1) is 10.8. The first-order valence-electron chi connectivity index (χ1n) is 8.54.